The molecule has 0 fully saturated rings. The normalized spacial score (nSPS) is 10.7. The first kappa shape index (κ1) is 19.0. The van der Waals surface area contributed by atoms with Crippen LogP contribution in [0.1, 0.15) is 21.5 Å². The Labute approximate surface area is 167 Å². The molecule has 0 saturated heterocycles. The third-order valence-corrected chi connectivity index (χ3v) is 4.41. The first-order chi connectivity index (χ1) is 13.1. The molecule has 0 unspecified atom stereocenters. The maximum Gasteiger partial charge on any atom is 0.271 e. The minimum atomic E-state index is -0.374. The van der Waals surface area contributed by atoms with Crippen LogP contribution >= 0.6 is 23.2 Å². The Hall–Kier alpha value is -2.82. The van der Waals surface area contributed by atoms with Gasteiger partial charge in [0.05, 0.1) is 16.3 Å². The highest BCUT2D eigenvalue weighted by molar-refractivity contribution is 6.42. The van der Waals surface area contributed by atoms with Gasteiger partial charge in [0.1, 0.15) is 12.4 Å². The predicted octanol–water partition coefficient (Wildman–Crippen LogP) is 5.34. The molecule has 27 heavy (non-hydrogen) atoms. The smallest absolute Gasteiger partial charge is 0.271 e. The summed E-state index contributed by atoms with van der Waals surface area (Å²) >= 11 is 11.8. The summed E-state index contributed by atoms with van der Waals surface area (Å²) in [6.45, 7) is 0.482. The van der Waals surface area contributed by atoms with E-state index in [0.29, 0.717) is 22.2 Å². The first-order valence-electron chi connectivity index (χ1n) is 8.17. The zero-order valence-corrected chi connectivity index (χ0v) is 15.7. The maximum absolute atomic E-state index is 12.1. The molecule has 3 aromatic carbocycles. The van der Waals surface area contributed by atoms with Crippen LogP contribution in [0.4, 0.5) is 0 Å². The Bertz CT molecular complexity index is 959. The van der Waals surface area contributed by atoms with E-state index < -0.39 is 0 Å². The van der Waals surface area contributed by atoms with Crippen LogP contribution in [0.5, 0.6) is 5.75 Å². The number of hydrogen-bond donors (Lipinski definition) is 1. The molecule has 0 spiro atoms. The second-order valence-corrected chi connectivity index (χ2v) is 6.49. The van der Waals surface area contributed by atoms with Gasteiger partial charge < -0.3 is 4.74 Å². The zero-order chi connectivity index (χ0) is 19.1. The third kappa shape index (κ3) is 5.58. The predicted molar refractivity (Wildman–Crippen MR) is 109 cm³/mol. The van der Waals surface area contributed by atoms with Crippen molar-refractivity contribution in [2.45, 2.75) is 6.61 Å². The monoisotopic (exact) mass is 398 g/mol. The summed E-state index contributed by atoms with van der Waals surface area (Å²) in [7, 11) is 0. The Kier molecular flexibility index (Phi) is 6.47. The Morgan fingerprint density at radius 2 is 1.78 bits per heavy atom. The third-order valence-electron chi connectivity index (χ3n) is 3.67. The van der Waals surface area contributed by atoms with Gasteiger partial charge in [0.25, 0.3) is 5.91 Å². The number of carbonyl (C=O) groups excluding carboxylic acids is 1. The molecule has 0 atom stereocenters. The van der Waals surface area contributed by atoms with E-state index in [4.69, 9.17) is 27.9 Å². The van der Waals surface area contributed by atoms with Gasteiger partial charge in [0, 0.05) is 5.56 Å². The van der Waals surface area contributed by atoms with Gasteiger partial charge in [-0.2, -0.15) is 5.10 Å². The molecule has 0 aromatic heterocycles. The van der Waals surface area contributed by atoms with Crippen molar-refractivity contribution in [3.63, 3.8) is 0 Å². The molecule has 0 radical (unpaired) electrons. The van der Waals surface area contributed by atoms with Gasteiger partial charge in [0.2, 0.25) is 0 Å². The van der Waals surface area contributed by atoms with Gasteiger partial charge in [-0.1, -0.05) is 65.7 Å². The highest BCUT2D eigenvalue weighted by atomic mass is 35.5. The molecule has 4 nitrogen and oxygen atoms in total. The van der Waals surface area contributed by atoms with E-state index in [9.17, 15) is 4.79 Å². The van der Waals surface area contributed by atoms with Crippen LogP contribution in [-0.4, -0.2) is 12.1 Å². The lowest BCUT2D eigenvalue weighted by atomic mass is 10.2. The van der Waals surface area contributed by atoms with Gasteiger partial charge in [-0.3, -0.25) is 4.79 Å². The van der Waals surface area contributed by atoms with Gasteiger partial charge in [-0.15, -0.1) is 0 Å². The zero-order valence-electron chi connectivity index (χ0n) is 14.2. The van der Waals surface area contributed by atoms with E-state index in [0.717, 1.165) is 16.9 Å². The molecule has 136 valence electrons. The fourth-order valence-electron chi connectivity index (χ4n) is 2.29. The Morgan fingerprint density at radius 1 is 0.963 bits per heavy atom. The molecule has 1 N–H and O–H groups in total. The molecule has 3 aromatic rings. The van der Waals surface area contributed by atoms with Gasteiger partial charge >= 0.3 is 0 Å². The number of hydrogen-bond acceptors (Lipinski definition) is 3. The van der Waals surface area contributed by atoms with Crippen LogP contribution in [0.15, 0.2) is 77.9 Å². The van der Waals surface area contributed by atoms with E-state index >= 15 is 0 Å². The molecule has 1 amide bonds. The molecule has 0 aliphatic heterocycles. The first-order valence-corrected chi connectivity index (χ1v) is 8.92. The summed E-state index contributed by atoms with van der Waals surface area (Å²) in [6, 6.07) is 22.0. The van der Waals surface area contributed by atoms with E-state index in [2.05, 4.69) is 10.5 Å². The number of carbonyl (C=O) groups is 1. The summed E-state index contributed by atoms with van der Waals surface area (Å²) in [5, 5.41) is 4.68. The topological polar surface area (TPSA) is 50.7 Å². The second-order valence-electron chi connectivity index (χ2n) is 5.67. The standard InChI is InChI=1S/C21H16Cl2N2O2/c22-19-10-9-17(12-20(19)23)21(26)25-24-13-16-7-4-8-18(11-16)27-14-15-5-2-1-3-6-15/h1-13H,14H2,(H,25,26)/b24-13-. The molecule has 3 rings (SSSR count). The van der Waals surface area contributed by atoms with Crippen LogP contribution in [0.3, 0.4) is 0 Å². The molecule has 0 aliphatic carbocycles. The molecule has 6 heteroatoms. The quantitative estimate of drug-likeness (QED) is 0.450. The van der Waals surface area contributed by atoms with Crippen molar-refractivity contribution in [3.05, 3.63) is 99.5 Å². The summed E-state index contributed by atoms with van der Waals surface area (Å²) < 4.78 is 5.78. The largest absolute Gasteiger partial charge is 0.489 e. The highest BCUT2D eigenvalue weighted by Gasteiger charge is 2.06. The molecule has 0 bridgehead atoms. The number of hydrazone groups is 1. The Balaban J connectivity index is 1.58. The highest BCUT2D eigenvalue weighted by Crippen LogP contribution is 2.22. The van der Waals surface area contributed by atoms with Crippen molar-refractivity contribution < 1.29 is 9.53 Å². The van der Waals surface area contributed by atoms with Crippen molar-refractivity contribution >= 4 is 35.3 Å². The van der Waals surface area contributed by atoms with Crippen LogP contribution in [0.2, 0.25) is 10.0 Å². The fourth-order valence-corrected chi connectivity index (χ4v) is 2.59. The SMILES string of the molecule is O=C(N/N=C\c1cccc(OCc2ccccc2)c1)c1ccc(Cl)c(Cl)c1. The van der Waals surface area contributed by atoms with Crippen molar-refractivity contribution in [1.82, 2.24) is 5.43 Å². The van der Waals surface area contributed by atoms with E-state index in [-0.39, 0.29) is 5.91 Å². The number of nitrogens with one attached hydrogen (secondary N) is 1. The van der Waals surface area contributed by atoms with Crippen LogP contribution in [0.25, 0.3) is 0 Å². The molecule has 0 aliphatic rings. The number of nitrogens with zero attached hydrogens (tertiary/aromatic N) is 1. The van der Waals surface area contributed by atoms with Gasteiger partial charge in [-0.25, -0.2) is 5.43 Å². The summed E-state index contributed by atoms with van der Waals surface area (Å²) in [6.07, 6.45) is 1.55. The van der Waals surface area contributed by atoms with Crippen molar-refractivity contribution in [2.24, 2.45) is 5.10 Å². The summed E-state index contributed by atoms with van der Waals surface area (Å²) in [5.41, 5.74) is 4.73. The molecule has 0 saturated carbocycles. The van der Waals surface area contributed by atoms with Crippen LogP contribution < -0.4 is 10.2 Å². The lowest BCUT2D eigenvalue weighted by molar-refractivity contribution is 0.0955. The minimum absolute atomic E-state index is 0.316. The number of ether oxygens (including phenoxy) is 1. The average molecular weight is 399 g/mol. The molecular weight excluding hydrogens is 383 g/mol. The van der Waals surface area contributed by atoms with E-state index in [1.54, 1.807) is 18.3 Å². The van der Waals surface area contributed by atoms with Crippen molar-refractivity contribution in [3.8, 4) is 5.75 Å². The summed E-state index contributed by atoms with van der Waals surface area (Å²) in [4.78, 5) is 12.1. The number of amides is 1. The lowest BCUT2D eigenvalue weighted by Gasteiger charge is -2.06. The second kappa shape index (κ2) is 9.21. The maximum atomic E-state index is 12.1. The average Bonchev–Trinajstić information content (AvgIpc) is 2.69. The van der Waals surface area contributed by atoms with Crippen LogP contribution in [-0.2, 0) is 6.61 Å². The summed E-state index contributed by atoms with van der Waals surface area (Å²) in [5.74, 6) is 0.347. The van der Waals surface area contributed by atoms with E-state index in [1.165, 1.54) is 6.07 Å². The van der Waals surface area contributed by atoms with Gasteiger partial charge in [-0.05, 0) is 41.5 Å². The van der Waals surface area contributed by atoms with Crippen molar-refractivity contribution in [1.29, 1.82) is 0 Å². The fraction of sp³-hybridized carbons (Fsp3) is 0.0476. The molecule has 0 heterocycles. The number of halogens is 2. The number of benzene rings is 3. The minimum Gasteiger partial charge on any atom is -0.489 e. The number of rotatable bonds is 6. The lowest BCUT2D eigenvalue weighted by Crippen LogP contribution is -2.17. The van der Waals surface area contributed by atoms with Crippen molar-refractivity contribution in [2.75, 3.05) is 0 Å². The Morgan fingerprint density at radius 3 is 2.56 bits per heavy atom. The van der Waals surface area contributed by atoms with E-state index in [1.807, 2.05) is 54.6 Å². The van der Waals surface area contributed by atoms with Gasteiger partial charge in [0.15, 0.2) is 0 Å². The van der Waals surface area contributed by atoms with Crippen LogP contribution in [0, 0.1) is 0 Å². The molecular formula is C21H16Cl2N2O2.